The monoisotopic (exact) mass is 550 g/mol. The molecule has 0 aromatic heterocycles. The molecule has 218 valence electrons. The maximum atomic E-state index is 11.5. The molecule has 0 aliphatic carbocycles. The van der Waals surface area contributed by atoms with Crippen LogP contribution in [0.5, 0.6) is 0 Å². The molecule has 16 nitrogen and oxygen atoms in total. The van der Waals surface area contributed by atoms with Crippen molar-refractivity contribution in [2.75, 3.05) is 65.8 Å². The van der Waals surface area contributed by atoms with E-state index in [1.165, 1.54) is 6.21 Å². The molecular weight excluding hydrogens is 512 g/mol. The topological polar surface area (TPSA) is 205 Å². The van der Waals surface area contributed by atoms with E-state index in [4.69, 9.17) is 28.4 Å². The maximum absolute atomic E-state index is 11.5. The van der Waals surface area contributed by atoms with Crippen LogP contribution < -0.4 is 0 Å². The summed E-state index contributed by atoms with van der Waals surface area (Å²) in [5.74, 6) is -0.768. The van der Waals surface area contributed by atoms with Crippen molar-refractivity contribution in [1.82, 2.24) is 10.0 Å². The third-order valence-electron chi connectivity index (χ3n) is 5.99. The van der Waals surface area contributed by atoms with E-state index in [2.05, 4.69) is 10.2 Å². The van der Waals surface area contributed by atoms with Crippen molar-refractivity contribution in [2.24, 2.45) is 10.2 Å². The van der Waals surface area contributed by atoms with Gasteiger partial charge in [0, 0.05) is 6.92 Å². The molecule has 38 heavy (non-hydrogen) atoms. The average molecular weight is 551 g/mol. The number of hydrogen-bond donors (Lipinski definition) is 5. The molecule has 3 fully saturated rings. The number of aliphatic hydroxyl groups is 5. The van der Waals surface area contributed by atoms with Gasteiger partial charge in [-0.1, -0.05) is 0 Å². The number of esters is 1. The van der Waals surface area contributed by atoms with E-state index in [-0.39, 0.29) is 0 Å². The van der Waals surface area contributed by atoms with Gasteiger partial charge in [0.2, 0.25) is 0 Å². The zero-order chi connectivity index (χ0) is 27.5. The number of ether oxygens (including phenoxy) is 6. The van der Waals surface area contributed by atoms with Crippen molar-refractivity contribution in [3.8, 4) is 0 Å². The lowest BCUT2D eigenvalue weighted by molar-refractivity contribution is -0.315. The first-order chi connectivity index (χ1) is 18.3. The minimum Gasteiger partial charge on any atom is -0.457 e. The summed E-state index contributed by atoms with van der Waals surface area (Å²) >= 11 is 0. The van der Waals surface area contributed by atoms with Gasteiger partial charge in [-0.25, -0.2) is 0 Å². The first-order valence-electron chi connectivity index (χ1n) is 12.5. The number of carbonyl (C=O) groups excluding carboxylic acids is 1. The van der Waals surface area contributed by atoms with E-state index in [0.717, 1.165) is 13.1 Å². The van der Waals surface area contributed by atoms with E-state index < -0.39 is 68.4 Å². The lowest BCUT2D eigenvalue weighted by atomic mass is 9.99. The van der Waals surface area contributed by atoms with Crippen LogP contribution in [0.25, 0.3) is 0 Å². The Bertz CT molecular complexity index is 765. The van der Waals surface area contributed by atoms with Gasteiger partial charge in [-0.15, -0.1) is 0 Å². The van der Waals surface area contributed by atoms with Gasteiger partial charge in [-0.2, -0.15) is 10.2 Å². The number of hydrazone groups is 2. The van der Waals surface area contributed by atoms with E-state index in [1.807, 2.05) is 0 Å². The van der Waals surface area contributed by atoms with Crippen LogP contribution in [-0.2, 0) is 33.2 Å². The number of nitrogens with zero attached hydrogens (tertiary/aromatic N) is 4. The Morgan fingerprint density at radius 2 is 1.58 bits per heavy atom. The fraction of sp³-hybridized carbons (Fsp3) is 0.864. The van der Waals surface area contributed by atoms with Crippen LogP contribution in [0.2, 0.25) is 0 Å². The average Bonchev–Trinajstić information content (AvgIpc) is 2.93. The summed E-state index contributed by atoms with van der Waals surface area (Å²) in [5.41, 5.74) is 0. The maximum Gasteiger partial charge on any atom is 0.303 e. The molecule has 3 rings (SSSR count). The summed E-state index contributed by atoms with van der Waals surface area (Å²) < 4.78 is 32.5. The number of hydrogen-bond acceptors (Lipinski definition) is 16. The smallest absolute Gasteiger partial charge is 0.303 e. The molecule has 0 unspecified atom stereocenters. The van der Waals surface area contributed by atoms with Crippen molar-refractivity contribution >= 4 is 18.4 Å². The van der Waals surface area contributed by atoms with E-state index in [1.54, 1.807) is 10.0 Å². The molecule has 0 aromatic carbocycles. The van der Waals surface area contributed by atoms with Gasteiger partial charge in [0.05, 0.1) is 78.2 Å². The number of carbonyl (C=O) groups is 1. The molecule has 5 N–H and O–H groups in total. The molecule has 3 heterocycles. The summed E-state index contributed by atoms with van der Waals surface area (Å²) in [6.45, 7) is 3.83. The second kappa shape index (κ2) is 15.6. The third kappa shape index (κ3) is 9.04. The Labute approximate surface area is 219 Å². The molecule has 16 heteroatoms. The highest BCUT2D eigenvalue weighted by atomic mass is 16.7. The molecule has 0 saturated carbocycles. The number of morpholine rings is 2. The predicted octanol–water partition coefficient (Wildman–Crippen LogP) is -3.93. The van der Waals surface area contributed by atoms with Crippen molar-refractivity contribution in [3.63, 3.8) is 0 Å². The zero-order valence-electron chi connectivity index (χ0n) is 21.2. The summed E-state index contributed by atoms with van der Waals surface area (Å²) in [4.78, 5) is 11.5. The molecule has 0 radical (unpaired) electrons. The van der Waals surface area contributed by atoms with E-state index in [0.29, 0.717) is 52.6 Å². The quantitative estimate of drug-likeness (QED) is 0.0895. The molecule has 3 saturated heterocycles. The normalized spacial score (nSPS) is 31.5. The Kier molecular flexibility index (Phi) is 12.5. The standard InChI is InChI=1S/C22H38N4O12/c1-14(29)35-21-19(31)17(13-28)38-22(20(21)32)37-15(10-23-25-2-6-33-7-3-25)16(12-27)36-18(30)11-24-26-4-8-34-9-5-26/h10-11,15-22,27-28,30-32H,2-9,12-13H2,1H3/b23-10-,24-11+/t15-,16+,17-,18-,19+,20+,21+,22-/m0/s1. The Morgan fingerprint density at radius 1 is 1.00 bits per heavy atom. The molecule has 3 aliphatic rings. The van der Waals surface area contributed by atoms with Crippen molar-refractivity contribution in [3.05, 3.63) is 0 Å². The first kappa shape index (κ1) is 30.6. The lowest BCUT2D eigenvalue weighted by Crippen LogP contribution is -2.61. The van der Waals surface area contributed by atoms with Crippen LogP contribution in [0.4, 0.5) is 0 Å². The third-order valence-corrected chi connectivity index (χ3v) is 5.99. The van der Waals surface area contributed by atoms with Gasteiger partial charge in [0.25, 0.3) is 0 Å². The van der Waals surface area contributed by atoms with E-state index >= 15 is 0 Å². The van der Waals surface area contributed by atoms with Crippen LogP contribution in [0, 0.1) is 0 Å². The first-order valence-corrected chi connectivity index (χ1v) is 12.5. The Balaban J connectivity index is 1.75. The zero-order valence-corrected chi connectivity index (χ0v) is 21.2. The molecule has 0 bridgehead atoms. The second-order valence-corrected chi connectivity index (χ2v) is 8.79. The minimum absolute atomic E-state index is 0.462. The van der Waals surface area contributed by atoms with Crippen LogP contribution in [0.3, 0.4) is 0 Å². The van der Waals surface area contributed by atoms with Crippen LogP contribution >= 0.6 is 0 Å². The van der Waals surface area contributed by atoms with Crippen molar-refractivity contribution in [2.45, 2.75) is 56.1 Å². The summed E-state index contributed by atoms with van der Waals surface area (Å²) in [6.07, 6.45) is -8.91. The molecule has 0 aromatic rings. The van der Waals surface area contributed by atoms with Gasteiger partial charge in [0.1, 0.15) is 30.5 Å². The highest BCUT2D eigenvalue weighted by Crippen LogP contribution is 2.26. The molecule has 8 atom stereocenters. The van der Waals surface area contributed by atoms with Gasteiger partial charge in [-0.3, -0.25) is 14.8 Å². The Morgan fingerprint density at radius 3 is 2.11 bits per heavy atom. The number of aliphatic hydroxyl groups excluding tert-OH is 5. The Hall–Kier alpha value is -1.99. The molecular formula is C22H38N4O12. The van der Waals surface area contributed by atoms with Crippen molar-refractivity contribution < 1.29 is 58.7 Å². The number of rotatable bonds is 12. The van der Waals surface area contributed by atoms with Gasteiger partial charge >= 0.3 is 5.97 Å². The highest BCUT2D eigenvalue weighted by molar-refractivity contribution is 5.66. The van der Waals surface area contributed by atoms with Crippen LogP contribution in [-0.4, -0.2) is 169 Å². The highest BCUT2D eigenvalue weighted by Gasteiger charge is 2.48. The summed E-state index contributed by atoms with van der Waals surface area (Å²) in [5, 5.41) is 63.1. The van der Waals surface area contributed by atoms with E-state index in [9.17, 15) is 30.3 Å². The fourth-order valence-corrected chi connectivity index (χ4v) is 3.96. The largest absolute Gasteiger partial charge is 0.457 e. The van der Waals surface area contributed by atoms with Crippen molar-refractivity contribution in [1.29, 1.82) is 0 Å². The van der Waals surface area contributed by atoms with Crippen LogP contribution in [0.15, 0.2) is 10.2 Å². The van der Waals surface area contributed by atoms with Gasteiger partial charge < -0.3 is 54.0 Å². The molecule has 0 spiro atoms. The molecule has 3 aliphatic heterocycles. The summed E-state index contributed by atoms with van der Waals surface area (Å²) in [7, 11) is 0. The fourth-order valence-electron chi connectivity index (χ4n) is 3.96. The minimum atomic E-state index is -1.66. The van der Waals surface area contributed by atoms with Gasteiger partial charge in [0.15, 0.2) is 18.7 Å². The SMILES string of the molecule is CC(=O)O[C@H]1[C@@H](O)[C@@H](O[C@@H](/C=N\N2CCOCC2)[C@@H](CO)O[C@H](O)/C=N/N2CCOCC2)O[C@@H](CO)[C@H]1O. The predicted molar refractivity (Wildman–Crippen MR) is 128 cm³/mol. The lowest BCUT2D eigenvalue weighted by Gasteiger charge is -2.42. The summed E-state index contributed by atoms with van der Waals surface area (Å²) in [6, 6.07) is 0. The van der Waals surface area contributed by atoms with Crippen LogP contribution in [0.1, 0.15) is 6.92 Å². The molecule has 0 amide bonds. The second-order valence-electron chi connectivity index (χ2n) is 8.79. The van der Waals surface area contributed by atoms with Gasteiger partial charge in [-0.05, 0) is 0 Å².